The maximum atomic E-state index is 9.72. The molecule has 0 aliphatic carbocycles. The molecule has 0 saturated carbocycles. The molecule has 0 aliphatic heterocycles. The van der Waals surface area contributed by atoms with Crippen molar-refractivity contribution in [3.8, 4) is 11.5 Å². The van der Waals surface area contributed by atoms with Crippen LogP contribution in [0, 0.1) is 0 Å². The average molecular weight is 373 g/mol. The van der Waals surface area contributed by atoms with Crippen molar-refractivity contribution >= 4 is 11.1 Å². The minimum absolute atomic E-state index is 0.268. The van der Waals surface area contributed by atoms with Crippen LogP contribution in [-0.2, 0) is 0 Å². The Kier molecular flexibility index (Phi) is 6.88. The topological polar surface area (TPSA) is 55.5 Å². The standard InChI is InChI=1S/C25H27NO2/c1-2-24(19-7-4-3-5-8-19)25(20-9-13-22(27)14-10-20)21-11-15-23(16-12-21)28-18-6-17-26/h3-5,7-16,27H,2,6,17-18,26H2,1H3/b25-24-. The molecular weight excluding hydrogens is 346 g/mol. The fraction of sp³-hybridized carbons (Fsp3) is 0.200. The molecule has 144 valence electrons. The van der Waals surface area contributed by atoms with Crippen LogP contribution in [0.1, 0.15) is 36.5 Å². The first-order valence-electron chi connectivity index (χ1n) is 9.74. The van der Waals surface area contributed by atoms with Crippen LogP contribution < -0.4 is 10.5 Å². The normalized spacial score (nSPS) is 11.8. The van der Waals surface area contributed by atoms with Crippen LogP contribution in [0.4, 0.5) is 0 Å². The Balaban J connectivity index is 2.06. The van der Waals surface area contributed by atoms with E-state index in [0.717, 1.165) is 29.7 Å². The van der Waals surface area contributed by atoms with Crippen LogP contribution in [-0.4, -0.2) is 18.3 Å². The van der Waals surface area contributed by atoms with Gasteiger partial charge in [0.05, 0.1) is 6.61 Å². The summed E-state index contributed by atoms with van der Waals surface area (Å²) in [4.78, 5) is 0. The lowest BCUT2D eigenvalue weighted by Crippen LogP contribution is -2.06. The molecule has 0 aromatic heterocycles. The molecule has 0 fully saturated rings. The summed E-state index contributed by atoms with van der Waals surface area (Å²) in [5.74, 6) is 1.12. The van der Waals surface area contributed by atoms with Gasteiger partial charge in [-0.25, -0.2) is 0 Å². The van der Waals surface area contributed by atoms with E-state index in [1.807, 2.05) is 30.3 Å². The largest absolute Gasteiger partial charge is 0.508 e. The summed E-state index contributed by atoms with van der Waals surface area (Å²) >= 11 is 0. The molecule has 0 spiro atoms. The molecule has 3 rings (SSSR count). The van der Waals surface area contributed by atoms with Gasteiger partial charge in [0.15, 0.2) is 0 Å². The van der Waals surface area contributed by atoms with Crippen LogP contribution in [0.25, 0.3) is 11.1 Å². The minimum atomic E-state index is 0.268. The van der Waals surface area contributed by atoms with E-state index in [1.54, 1.807) is 12.1 Å². The van der Waals surface area contributed by atoms with Crippen molar-refractivity contribution in [2.75, 3.05) is 13.2 Å². The van der Waals surface area contributed by atoms with Gasteiger partial charge in [0.1, 0.15) is 11.5 Å². The van der Waals surface area contributed by atoms with Crippen molar-refractivity contribution in [3.63, 3.8) is 0 Å². The number of nitrogens with two attached hydrogens (primary N) is 1. The third kappa shape index (κ3) is 4.81. The van der Waals surface area contributed by atoms with Crippen molar-refractivity contribution in [1.29, 1.82) is 0 Å². The molecule has 0 bridgehead atoms. The van der Waals surface area contributed by atoms with Gasteiger partial charge in [0.25, 0.3) is 0 Å². The van der Waals surface area contributed by atoms with E-state index >= 15 is 0 Å². The fourth-order valence-corrected chi connectivity index (χ4v) is 3.30. The highest BCUT2D eigenvalue weighted by Crippen LogP contribution is 2.35. The van der Waals surface area contributed by atoms with Crippen molar-refractivity contribution in [3.05, 3.63) is 95.6 Å². The lowest BCUT2D eigenvalue weighted by molar-refractivity contribution is 0.313. The molecule has 3 nitrogen and oxygen atoms in total. The SMILES string of the molecule is CC/C(=C(\c1ccc(O)cc1)c1ccc(OCCCN)cc1)c1ccccc1. The predicted molar refractivity (Wildman–Crippen MR) is 116 cm³/mol. The van der Waals surface area contributed by atoms with E-state index < -0.39 is 0 Å². The molecule has 3 aromatic rings. The molecule has 3 heteroatoms. The Hall–Kier alpha value is -3.04. The van der Waals surface area contributed by atoms with Crippen molar-refractivity contribution < 1.29 is 9.84 Å². The predicted octanol–water partition coefficient (Wildman–Crippen LogP) is 5.49. The van der Waals surface area contributed by atoms with Gasteiger partial charge >= 0.3 is 0 Å². The summed E-state index contributed by atoms with van der Waals surface area (Å²) in [6.45, 7) is 3.43. The number of rotatable bonds is 8. The van der Waals surface area contributed by atoms with Gasteiger partial charge in [-0.2, -0.15) is 0 Å². The van der Waals surface area contributed by atoms with Gasteiger partial charge < -0.3 is 15.6 Å². The lowest BCUT2D eigenvalue weighted by Gasteiger charge is -2.17. The Morgan fingerprint density at radius 1 is 0.821 bits per heavy atom. The summed E-state index contributed by atoms with van der Waals surface area (Å²) < 4.78 is 5.74. The van der Waals surface area contributed by atoms with Crippen molar-refractivity contribution in [2.45, 2.75) is 19.8 Å². The fourth-order valence-electron chi connectivity index (χ4n) is 3.30. The zero-order valence-electron chi connectivity index (χ0n) is 16.3. The maximum absolute atomic E-state index is 9.72. The van der Waals surface area contributed by atoms with E-state index in [9.17, 15) is 5.11 Å². The summed E-state index contributed by atoms with van der Waals surface area (Å²) in [6, 6.07) is 26.0. The molecule has 0 heterocycles. The van der Waals surface area contributed by atoms with Crippen LogP contribution in [0.3, 0.4) is 0 Å². The summed E-state index contributed by atoms with van der Waals surface area (Å²) in [7, 11) is 0. The molecule has 0 unspecified atom stereocenters. The Bertz CT molecular complexity index is 898. The highest BCUT2D eigenvalue weighted by atomic mass is 16.5. The third-order valence-corrected chi connectivity index (χ3v) is 4.69. The van der Waals surface area contributed by atoms with Gasteiger partial charge in [-0.05, 0) is 71.5 Å². The molecule has 0 atom stereocenters. The van der Waals surface area contributed by atoms with Crippen LogP contribution in [0.5, 0.6) is 11.5 Å². The number of aromatic hydroxyl groups is 1. The van der Waals surface area contributed by atoms with Crippen LogP contribution in [0.2, 0.25) is 0 Å². The molecule has 0 aliphatic rings. The highest BCUT2D eigenvalue weighted by Gasteiger charge is 2.13. The number of benzene rings is 3. The second-order valence-electron chi connectivity index (χ2n) is 6.64. The third-order valence-electron chi connectivity index (χ3n) is 4.69. The van der Waals surface area contributed by atoms with Gasteiger partial charge in [-0.1, -0.05) is 61.5 Å². The second-order valence-corrected chi connectivity index (χ2v) is 6.64. The second kappa shape index (κ2) is 9.77. The summed E-state index contributed by atoms with van der Waals surface area (Å²) in [6.07, 6.45) is 1.74. The summed E-state index contributed by atoms with van der Waals surface area (Å²) in [5.41, 5.74) is 11.4. The molecule has 3 aromatic carbocycles. The molecule has 0 saturated heterocycles. The molecular formula is C25H27NO2. The van der Waals surface area contributed by atoms with E-state index in [0.29, 0.717) is 13.2 Å². The number of hydrogen-bond acceptors (Lipinski definition) is 3. The Morgan fingerprint density at radius 3 is 2.00 bits per heavy atom. The van der Waals surface area contributed by atoms with Crippen LogP contribution >= 0.6 is 0 Å². The van der Waals surface area contributed by atoms with Gasteiger partial charge in [-0.15, -0.1) is 0 Å². The first-order chi connectivity index (χ1) is 13.7. The van der Waals surface area contributed by atoms with E-state index in [4.69, 9.17) is 10.5 Å². The number of ether oxygens (including phenoxy) is 1. The number of phenols is 1. The Labute approximate surface area is 167 Å². The number of allylic oxidation sites excluding steroid dienone is 1. The van der Waals surface area contributed by atoms with E-state index in [-0.39, 0.29) is 5.75 Å². The number of hydrogen-bond donors (Lipinski definition) is 2. The summed E-state index contributed by atoms with van der Waals surface area (Å²) in [5, 5.41) is 9.72. The smallest absolute Gasteiger partial charge is 0.119 e. The lowest BCUT2D eigenvalue weighted by atomic mass is 9.88. The first kappa shape index (κ1) is 19.7. The van der Waals surface area contributed by atoms with Crippen molar-refractivity contribution in [1.82, 2.24) is 0 Å². The quantitative estimate of drug-likeness (QED) is 0.405. The first-order valence-corrected chi connectivity index (χ1v) is 9.74. The van der Waals surface area contributed by atoms with E-state index in [1.165, 1.54) is 16.7 Å². The molecule has 0 amide bonds. The van der Waals surface area contributed by atoms with Crippen LogP contribution in [0.15, 0.2) is 78.9 Å². The zero-order valence-corrected chi connectivity index (χ0v) is 16.3. The highest BCUT2D eigenvalue weighted by molar-refractivity contribution is 5.98. The molecule has 28 heavy (non-hydrogen) atoms. The molecule has 3 N–H and O–H groups in total. The molecule has 0 radical (unpaired) electrons. The monoisotopic (exact) mass is 373 g/mol. The number of phenolic OH excluding ortho intramolecular Hbond substituents is 1. The van der Waals surface area contributed by atoms with Gasteiger partial charge in [-0.3, -0.25) is 0 Å². The average Bonchev–Trinajstić information content (AvgIpc) is 2.74. The maximum Gasteiger partial charge on any atom is 0.119 e. The van der Waals surface area contributed by atoms with Crippen molar-refractivity contribution in [2.24, 2.45) is 5.73 Å². The Morgan fingerprint density at radius 2 is 1.43 bits per heavy atom. The minimum Gasteiger partial charge on any atom is -0.508 e. The van der Waals surface area contributed by atoms with E-state index in [2.05, 4.69) is 43.3 Å². The van der Waals surface area contributed by atoms with Gasteiger partial charge in [0, 0.05) is 0 Å². The zero-order chi connectivity index (χ0) is 19.8. The van der Waals surface area contributed by atoms with Gasteiger partial charge in [0.2, 0.25) is 0 Å².